The molecule has 0 saturated heterocycles. The van der Waals surface area contributed by atoms with E-state index in [0.717, 1.165) is 4.90 Å². The van der Waals surface area contributed by atoms with E-state index in [1.165, 1.54) is 11.7 Å². The van der Waals surface area contributed by atoms with E-state index in [0.29, 0.717) is 31.4 Å². The minimum Gasteiger partial charge on any atom is -0.481 e. The van der Waals surface area contributed by atoms with Crippen molar-refractivity contribution in [2.45, 2.75) is 63.6 Å². The molecular formula is C20H31FN6O8. The summed E-state index contributed by atoms with van der Waals surface area (Å²) in [6.07, 6.45) is 2.28. The summed E-state index contributed by atoms with van der Waals surface area (Å²) >= 11 is 0. The smallest absolute Gasteiger partial charge is 0.326 e. The first-order valence-electron chi connectivity index (χ1n) is 11.0. The number of unbranched alkanes of at least 4 members (excludes halogenated alkanes) is 1. The maximum atomic E-state index is 12.3. The number of urea groups is 1. The third-order valence-electron chi connectivity index (χ3n) is 5.00. The van der Waals surface area contributed by atoms with Crippen LogP contribution in [0.4, 0.5) is 9.18 Å². The molecule has 35 heavy (non-hydrogen) atoms. The Morgan fingerprint density at radius 3 is 2.40 bits per heavy atom. The number of alkyl halides is 1. The lowest BCUT2D eigenvalue weighted by molar-refractivity contribution is -0.142. The molecule has 3 amide bonds. The van der Waals surface area contributed by atoms with Crippen LogP contribution in [0.15, 0.2) is 6.20 Å². The Hall–Kier alpha value is -3.78. The zero-order valence-corrected chi connectivity index (χ0v) is 19.4. The number of nitrogens with one attached hydrogen (secondary N) is 2. The van der Waals surface area contributed by atoms with Crippen molar-refractivity contribution in [3.63, 3.8) is 0 Å². The van der Waals surface area contributed by atoms with E-state index < -0.39 is 49.1 Å². The summed E-state index contributed by atoms with van der Waals surface area (Å²) in [4.78, 5) is 58.6. The average molecular weight is 503 g/mol. The van der Waals surface area contributed by atoms with E-state index in [9.17, 15) is 33.5 Å². The van der Waals surface area contributed by atoms with E-state index in [2.05, 4.69) is 20.9 Å². The molecule has 0 aliphatic rings. The number of aromatic nitrogens is 3. The van der Waals surface area contributed by atoms with E-state index in [-0.39, 0.29) is 31.8 Å². The van der Waals surface area contributed by atoms with Gasteiger partial charge in [-0.15, -0.1) is 5.10 Å². The molecule has 0 radical (unpaired) electrons. The predicted octanol–water partition coefficient (Wildman–Crippen LogP) is -0.121. The van der Waals surface area contributed by atoms with Gasteiger partial charge in [-0.1, -0.05) is 5.21 Å². The fraction of sp³-hybridized carbons (Fsp3) is 0.650. The Bertz CT molecular complexity index is 880. The molecule has 1 aromatic rings. The van der Waals surface area contributed by atoms with E-state index in [4.69, 9.17) is 10.2 Å². The second-order valence-corrected chi connectivity index (χ2v) is 7.78. The summed E-state index contributed by atoms with van der Waals surface area (Å²) in [6.45, 7) is -0.289. The van der Waals surface area contributed by atoms with E-state index in [1.54, 1.807) is 6.20 Å². The zero-order valence-electron chi connectivity index (χ0n) is 19.4. The molecule has 0 aliphatic heterocycles. The molecule has 196 valence electrons. The summed E-state index contributed by atoms with van der Waals surface area (Å²) in [7, 11) is 1.20. The van der Waals surface area contributed by atoms with Crippen molar-refractivity contribution in [1.29, 1.82) is 0 Å². The first-order valence-corrected chi connectivity index (χ1v) is 11.0. The van der Waals surface area contributed by atoms with Crippen LogP contribution in [-0.4, -0.2) is 97.4 Å². The molecule has 0 saturated carbocycles. The minimum atomic E-state index is -1.48. The fourth-order valence-corrected chi connectivity index (χ4v) is 3.07. The highest BCUT2D eigenvalue weighted by molar-refractivity contribution is 5.86. The van der Waals surface area contributed by atoms with Gasteiger partial charge in [0, 0.05) is 26.2 Å². The first-order chi connectivity index (χ1) is 16.5. The number of halogens is 1. The largest absolute Gasteiger partial charge is 0.481 e. The third kappa shape index (κ3) is 11.3. The topological polar surface area (TPSA) is 204 Å². The molecule has 5 N–H and O–H groups in total. The molecule has 0 bridgehead atoms. The fourth-order valence-electron chi connectivity index (χ4n) is 3.07. The number of hydrogen-bond acceptors (Lipinski definition) is 7. The van der Waals surface area contributed by atoms with Crippen molar-refractivity contribution >= 4 is 29.8 Å². The van der Waals surface area contributed by atoms with Crippen molar-refractivity contribution in [1.82, 2.24) is 30.5 Å². The molecule has 1 rings (SSSR count). The number of carboxylic acids is 3. The molecule has 0 unspecified atom stereocenters. The van der Waals surface area contributed by atoms with Gasteiger partial charge in [0.2, 0.25) is 5.91 Å². The number of carboxylic acid groups (broad SMARTS) is 3. The summed E-state index contributed by atoms with van der Waals surface area (Å²) in [5.74, 6) is -4.29. The van der Waals surface area contributed by atoms with Gasteiger partial charge in [-0.2, -0.15) is 0 Å². The molecular weight excluding hydrogens is 471 g/mol. The quantitative estimate of drug-likeness (QED) is 0.179. The van der Waals surface area contributed by atoms with Crippen LogP contribution in [0.2, 0.25) is 0 Å². The van der Waals surface area contributed by atoms with Gasteiger partial charge >= 0.3 is 23.9 Å². The van der Waals surface area contributed by atoms with Crippen molar-refractivity contribution in [3.05, 3.63) is 11.9 Å². The molecule has 0 fully saturated rings. The standard InChI is InChI=1S/C20H31FN6O8/c1-26(20(35)23-14(18(31)32)7-8-17(29)30)15(19(33)34)6-2-3-10-22-16(28)12-27-11-13(24-25-27)5-4-9-21/h11,14-15H,2-10,12H2,1H3,(H,22,28)(H,23,35)(H,29,30)(H,31,32)(H,33,34)/t14-,15-/m0/s1. The van der Waals surface area contributed by atoms with Crippen molar-refractivity contribution in [2.75, 3.05) is 20.3 Å². The Morgan fingerprint density at radius 2 is 1.80 bits per heavy atom. The van der Waals surface area contributed by atoms with Gasteiger partial charge in [0.25, 0.3) is 0 Å². The predicted molar refractivity (Wildman–Crippen MR) is 117 cm³/mol. The lowest BCUT2D eigenvalue weighted by Crippen LogP contribution is -2.52. The third-order valence-corrected chi connectivity index (χ3v) is 5.00. The number of likely N-dealkylation sites (N-methyl/N-ethyl adjacent to an activating group) is 1. The monoisotopic (exact) mass is 502 g/mol. The van der Waals surface area contributed by atoms with Gasteiger partial charge < -0.3 is 30.9 Å². The SMILES string of the molecule is CN(C(=O)N[C@@H](CCC(=O)O)C(=O)O)[C@@H](CCCCNC(=O)Cn1cc(CCCF)nn1)C(=O)O. The van der Waals surface area contributed by atoms with Crippen LogP contribution in [0.5, 0.6) is 0 Å². The lowest BCUT2D eigenvalue weighted by Gasteiger charge is -2.26. The Morgan fingerprint density at radius 1 is 1.09 bits per heavy atom. The maximum absolute atomic E-state index is 12.3. The number of aliphatic carboxylic acids is 3. The number of carbonyl (C=O) groups excluding carboxylic acids is 2. The number of carbonyl (C=O) groups is 5. The highest BCUT2D eigenvalue weighted by Crippen LogP contribution is 2.09. The van der Waals surface area contributed by atoms with Gasteiger partial charge in [-0.3, -0.25) is 14.0 Å². The van der Waals surface area contributed by atoms with Gasteiger partial charge in [0.05, 0.1) is 12.4 Å². The summed E-state index contributed by atoms with van der Waals surface area (Å²) in [6, 6.07) is -3.69. The molecule has 2 atom stereocenters. The van der Waals surface area contributed by atoms with Crippen LogP contribution in [-0.2, 0) is 32.1 Å². The van der Waals surface area contributed by atoms with Crippen LogP contribution in [0, 0.1) is 0 Å². The number of aryl methyl sites for hydroxylation is 1. The Kier molecular flexibility index (Phi) is 12.7. The van der Waals surface area contributed by atoms with Gasteiger partial charge in [-0.25, -0.2) is 19.1 Å². The molecule has 14 nitrogen and oxygen atoms in total. The number of rotatable bonds is 17. The molecule has 0 spiro atoms. The number of amides is 3. The normalized spacial score (nSPS) is 12.4. The zero-order chi connectivity index (χ0) is 26.4. The number of hydrogen-bond donors (Lipinski definition) is 5. The van der Waals surface area contributed by atoms with Crippen molar-refractivity contribution < 1.29 is 43.7 Å². The second-order valence-electron chi connectivity index (χ2n) is 7.78. The van der Waals surface area contributed by atoms with Crippen molar-refractivity contribution in [2.24, 2.45) is 0 Å². The van der Waals surface area contributed by atoms with Crippen molar-refractivity contribution in [3.8, 4) is 0 Å². The molecule has 1 heterocycles. The molecule has 0 aliphatic carbocycles. The number of nitrogens with zero attached hydrogens (tertiary/aromatic N) is 4. The summed E-state index contributed by atoms with van der Waals surface area (Å²) in [5.41, 5.74) is 0.583. The highest BCUT2D eigenvalue weighted by Gasteiger charge is 2.29. The van der Waals surface area contributed by atoms with Gasteiger partial charge in [0.1, 0.15) is 18.6 Å². The minimum absolute atomic E-state index is 0.0446. The van der Waals surface area contributed by atoms with E-state index in [1.807, 2.05) is 0 Å². The second kappa shape index (κ2) is 15.2. The molecule has 0 aromatic carbocycles. The van der Waals surface area contributed by atoms with Crippen LogP contribution >= 0.6 is 0 Å². The molecule has 15 heteroatoms. The highest BCUT2D eigenvalue weighted by atomic mass is 19.1. The first kappa shape index (κ1) is 29.3. The van der Waals surface area contributed by atoms with E-state index >= 15 is 0 Å². The van der Waals surface area contributed by atoms with Crippen LogP contribution in [0.1, 0.15) is 44.2 Å². The van der Waals surface area contributed by atoms with Gasteiger partial charge in [0.15, 0.2) is 0 Å². The Balaban J connectivity index is 2.44. The lowest BCUT2D eigenvalue weighted by atomic mass is 10.1. The summed E-state index contributed by atoms with van der Waals surface area (Å²) in [5, 5.41) is 39.7. The van der Waals surface area contributed by atoms with Crippen LogP contribution in [0.3, 0.4) is 0 Å². The maximum Gasteiger partial charge on any atom is 0.326 e. The summed E-state index contributed by atoms with van der Waals surface area (Å²) < 4.78 is 13.5. The Labute approximate surface area is 200 Å². The van der Waals surface area contributed by atoms with Crippen LogP contribution in [0.25, 0.3) is 0 Å². The van der Waals surface area contributed by atoms with Crippen LogP contribution < -0.4 is 10.6 Å². The van der Waals surface area contributed by atoms with Gasteiger partial charge in [-0.05, 0) is 38.5 Å². The average Bonchev–Trinajstić information content (AvgIpc) is 3.23. The molecule has 1 aromatic heterocycles.